The minimum absolute atomic E-state index is 0.101. The van der Waals surface area contributed by atoms with E-state index in [1.807, 2.05) is 18.2 Å². The van der Waals surface area contributed by atoms with Crippen LogP contribution in [-0.2, 0) is 0 Å². The number of aromatic amines is 1. The number of pyridine rings is 1. The lowest BCUT2D eigenvalue weighted by Gasteiger charge is -2.30. The van der Waals surface area contributed by atoms with E-state index in [0.29, 0.717) is 11.1 Å². The summed E-state index contributed by atoms with van der Waals surface area (Å²) in [6, 6.07) is 9.08. The zero-order valence-electron chi connectivity index (χ0n) is 12.0. The number of para-hydroxylation sites is 1. The van der Waals surface area contributed by atoms with Crippen molar-refractivity contribution in [3.05, 3.63) is 46.2 Å². The van der Waals surface area contributed by atoms with E-state index >= 15 is 0 Å². The molecule has 1 aliphatic heterocycles. The summed E-state index contributed by atoms with van der Waals surface area (Å²) in [5.41, 5.74) is 0.866. The molecule has 2 atom stereocenters. The second-order valence-corrected chi connectivity index (χ2v) is 5.56. The van der Waals surface area contributed by atoms with Crippen molar-refractivity contribution in [2.24, 2.45) is 0 Å². The smallest absolute Gasteiger partial charge is 0.252 e. The van der Waals surface area contributed by atoms with Crippen LogP contribution in [0.1, 0.15) is 30.1 Å². The minimum Gasteiger partial charge on any atom is -0.348 e. The number of benzene rings is 1. The van der Waals surface area contributed by atoms with Crippen molar-refractivity contribution in [2.75, 3.05) is 6.54 Å². The molecule has 1 aromatic heterocycles. The number of nitrogens with one attached hydrogen (secondary N) is 3. The fraction of sp³-hybridized carbons (Fsp3) is 0.375. The molecule has 3 N–H and O–H groups in total. The van der Waals surface area contributed by atoms with Crippen molar-refractivity contribution in [2.45, 2.75) is 31.8 Å². The number of hydrogen-bond donors (Lipinski definition) is 3. The lowest BCUT2D eigenvalue weighted by atomic mass is 9.99. The number of fused-ring (bicyclic) bond motifs is 1. The zero-order valence-corrected chi connectivity index (χ0v) is 12.0. The van der Waals surface area contributed by atoms with E-state index in [4.69, 9.17) is 0 Å². The molecule has 5 nitrogen and oxygen atoms in total. The van der Waals surface area contributed by atoms with Crippen molar-refractivity contribution in [3.63, 3.8) is 0 Å². The summed E-state index contributed by atoms with van der Waals surface area (Å²) < 4.78 is 0. The molecule has 110 valence electrons. The van der Waals surface area contributed by atoms with Crippen LogP contribution in [0.15, 0.2) is 35.1 Å². The molecule has 1 aromatic carbocycles. The molecule has 2 unspecified atom stereocenters. The van der Waals surface area contributed by atoms with Gasteiger partial charge in [0, 0.05) is 29.1 Å². The number of aromatic nitrogens is 1. The standard InChI is InChI=1S/C16H19N3O2/c1-10-13(7-4-8-17-10)19-16(21)12-9-15(20)18-14-6-3-2-5-11(12)14/h2-3,5-6,9-10,13,17H,4,7-8H2,1H3,(H,18,20)(H,19,21). The average molecular weight is 285 g/mol. The molecule has 0 radical (unpaired) electrons. The van der Waals surface area contributed by atoms with E-state index in [1.165, 1.54) is 6.07 Å². The molecule has 1 fully saturated rings. The molecule has 1 saturated heterocycles. The van der Waals surface area contributed by atoms with Gasteiger partial charge in [-0.25, -0.2) is 0 Å². The van der Waals surface area contributed by atoms with Gasteiger partial charge in [0.25, 0.3) is 5.91 Å². The third-order valence-corrected chi connectivity index (χ3v) is 4.07. The van der Waals surface area contributed by atoms with Gasteiger partial charge in [0.15, 0.2) is 0 Å². The number of carbonyl (C=O) groups excluding carboxylic acids is 1. The number of piperidine rings is 1. The summed E-state index contributed by atoms with van der Waals surface area (Å²) in [5.74, 6) is -0.183. The second kappa shape index (κ2) is 5.69. The number of carbonyl (C=O) groups is 1. The number of H-pyrrole nitrogens is 1. The number of hydrogen-bond acceptors (Lipinski definition) is 3. The van der Waals surface area contributed by atoms with Gasteiger partial charge in [0.05, 0.1) is 5.56 Å². The van der Waals surface area contributed by atoms with Gasteiger partial charge in [-0.15, -0.1) is 0 Å². The Hall–Kier alpha value is -2.14. The van der Waals surface area contributed by atoms with Gasteiger partial charge in [-0.2, -0.15) is 0 Å². The Morgan fingerprint density at radius 2 is 2.14 bits per heavy atom. The van der Waals surface area contributed by atoms with Gasteiger partial charge in [0.2, 0.25) is 5.56 Å². The van der Waals surface area contributed by atoms with E-state index in [9.17, 15) is 9.59 Å². The molecule has 1 aliphatic rings. The maximum Gasteiger partial charge on any atom is 0.252 e. The highest BCUT2D eigenvalue weighted by atomic mass is 16.2. The van der Waals surface area contributed by atoms with Gasteiger partial charge >= 0.3 is 0 Å². The topological polar surface area (TPSA) is 74.0 Å². The number of rotatable bonds is 2. The summed E-state index contributed by atoms with van der Waals surface area (Å²) in [6.07, 6.45) is 2.01. The zero-order chi connectivity index (χ0) is 14.8. The van der Waals surface area contributed by atoms with Crippen LogP contribution in [0.5, 0.6) is 0 Å². The molecule has 0 spiro atoms. The first-order chi connectivity index (χ1) is 10.1. The van der Waals surface area contributed by atoms with Crippen molar-refractivity contribution in [1.29, 1.82) is 0 Å². The minimum atomic E-state index is -0.256. The molecule has 3 rings (SSSR count). The van der Waals surface area contributed by atoms with Gasteiger partial charge in [-0.3, -0.25) is 9.59 Å². The van der Waals surface area contributed by atoms with E-state index in [0.717, 1.165) is 24.8 Å². The van der Waals surface area contributed by atoms with Gasteiger partial charge < -0.3 is 15.6 Å². The Bertz CT molecular complexity index is 723. The Labute approximate surface area is 122 Å². The van der Waals surface area contributed by atoms with Gasteiger partial charge in [-0.05, 0) is 32.4 Å². The Morgan fingerprint density at radius 3 is 2.95 bits per heavy atom. The third-order valence-electron chi connectivity index (χ3n) is 4.07. The quantitative estimate of drug-likeness (QED) is 0.781. The van der Waals surface area contributed by atoms with Crippen LogP contribution in [0, 0.1) is 0 Å². The largest absolute Gasteiger partial charge is 0.348 e. The molecular weight excluding hydrogens is 266 g/mol. The summed E-state index contributed by atoms with van der Waals surface area (Å²) in [4.78, 5) is 27.0. The van der Waals surface area contributed by atoms with Crippen LogP contribution in [-0.4, -0.2) is 29.5 Å². The lowest BCUT2D eigenvalue weighted by molar-refractivity contribution is 0.0921. The first-order valence-electron chi connectivity index (χ1n) is 7.31. The summed E-state index contributed by atoms with van der Waals surface area (Å²) in [5, 5.41) is 7.17. The molecule has 21 heavy (non-hydrogen) atoms. The molecule has 0 saturated carbocycles. The van der Waals surface area contributed by atoms with Crippen LogP contribution in [0.25, 0.3) is 10.9 Å². The van der Waals surface area contributed by atoms with Crippen LogP contribution < -0.4 is 16.2 Å². The highest BCUT2D eigenvalue weighted by Gasteiger charge is 2.23. The van der Waals surface area contributed by atoms with Crippen molar-refractivity contribution < 1.29 is 4.79 Å². The molecule has 1 amide bonds. The molecule has 2 aromatic rings. The van der Waals surface area contributed by atoms with E-state index < -0.39 is 0 Å². The van der Waals surface area contributed by atoms with E-state index in [1.54, 1.807) is 6.07 Å². The van der Waals surface area contributed by atoms with Gasteiger partial charge in [-0.1, -0.05) is 18.2 Å². The molecular formula is C16H19N3O2. The fourth-order valence-corrected chi connectivity index (χ4v) is 2.88. The normalized spacial score (nSPS) is 22.1. The first-order valence-corrected chi connectivity index (χ1v) is 7.31. The summed E-state index contributed by atoms with van der Waals surface area (Å²) in [7, 11) is 0. The van der Waals surface area contributed by atoms with Crippen molar-refractivity contribution in [1.82, 2.24) is 15.6 Å². The van der Waals surface area contributed by atoms with E-state index in [2.05, 4.69) is 22.5 Å². The first kappa shape index (κ1) is 13.8. The van der Waals surface area contributed by atoms with Crippen molar-refractivity contribution in [3.8, 4) is 0 Å². The second-order valence-electron chi connectivity index (χ2n) is 5.56. The SMILES string of the molecule is CC1NCCCC1NC(=O)c1cc(=O)[nH]c2ccccc12. The van der Waals surface area contributed by atoms with E-state index in [-0.39, 0.29) is 23.6 Å². The monoisotopic (exact) mass is 285 g/mol. The Morgan fingerprint density at radius 1 is 1.33 bits per heavy atom. The van der Waals surface area contributed by atoms with Crippen LogP contribution in [0.3, 0.4) is 0 Å². The predicted molar refractivity (Wildman–Crippen MR) is 82.5 cm³/mol. The summed E-state index contributed by atoms with van der Waals surface area (Å²) in [6.45, 7) is 3.06. The molecule has 2 heterocycles. The predicted octanol–water partition coefficient (Wildman–Crippen LogP) is 1.40. The van der Waals surface area contributed by atoms with Crippen LogP contribution in [0.4, 0.5) is 0 Å². The third kappa shape index (κ3) is 2.83. The molecule has 5 heteroatoms. The Balaban J connectivity index is 1.92. The van der Waals surface area contributed by atoms with Crippen LogP contribution >= 0.6 is 0 Å². The molecule has 0 bridgehead atoms. The van der Waals surface area contributed by atoms with Crippen LogP contribution in [0.2, 0.25) is 0 Å². The maximum absolute atomic E-state index is 12.5. The summed E-state index contributed by atoms with van der Waals surface area (Å²) >= 11 is 0. The highest BCUT2D eigenvalue weighted by molar-refractivity contribution is 6.06. The van der Waals surface area contributed by atoms with Crippen molar-refractivity contribution >= 4 is 16.8 Å². The maximum atomic E-state index is 12.5. The lowest BCUT2D eigenvalue weighted by Crippen LogP contribution is -2.52. The Kier molecular flexibility index (Phi) is 3.75. The average Bonchev–Trinajstić information content (AvgIpc) is 2.48. The fourth-order valence-electron chi connectivity index (χ4n) is 2.88. The highest BCUT2D eigenvalue weighted by Crippen LogP contribution is 2.16. The van der Waals surface area contributed by atoms with Gasteiger partial charge in [0.1, 0.15) is 0 Å². The number of amides is 1. The molecule has 0 aliphatic carbocycles.